The molecule has 0 unspecified atom stereocenters. The molecule has 2 amide bonds. The van der Waals surface area contributed by atoms with Crippen molar-refractivity contribution >= 4 is 28.9 Å². The molecule has 26 heavy (non-hydrogen) atoms. The molecule has 1 heterocycles. The fraction of sp³-hybridized carbons (Fsp3) is 0.263. The highest BCUT2D eigenvalue weighted by molar-refractivity contribution is 5.97. The van der Waals surface area contributed by atoms with Crippen LogP contribution < -0.4 is 15.5 Å². The molecule has 2 N–H and O–H groups in total. The van der Waals surface area contributed by atoms with Crippen molar-refractivity contribution in [1.82, 2.24) is 0 Å². The van der Waals surface area contributed by atoms with Crippen LogP contribution >= 0.6 is 0 Å². The molecule has 1 atom stereocenters. The lowest BCUT2D eigenvalue weighted by molar-refractivity contribution is -0.117. The summed E-state index contributed by atoms with van der Waals surface area (Å²) in [5, 5.41) is 5.38. The minimum Gasteiger partial charge on any atom is -0.374 e. The van der Waals surface area contributed by atoms with Gasteiger partial charge in [-0.3, -0.25) is 9.59 Å². The summed E-state index contributed by atoms with van der Waals surface area (Å²) in [6.07, 6.45) is 1.37. The highest BCUT2D eigenvalue weighted by Crippen LogP contribution is 2.24. The van der Waals surface area contributed by atoms with Gasteiger partial charge in [-0.1, -0.05) is 6.07 Å². The zero-order valence-electron chi connectivity index (χ0n) is 14.3. The van der Waals surface area contributed by atoms with Crippen LogP contribution in [-0.2, 0) is 9.59 Å². The van der Waals surface area contributed by atoms with E-state index in [1.807, 2.05) is 6.07 Å². The minimum absolute atomic E-state index is 0.0783. The van der Waals surface area contributed by atoms with E-state index < -0.39 is 23.6 Å². The average molecular weight is 359 g/mol. The first-order chi connectivity index (χ1) is 12.4. The summed E-state index contributed by atoms with van der Waals surface area (Å²) < 4.78 is 26.8. The molecule has 1 saturated heterocycles. The van der Waals surface area contributed by atoms with Crippen molar-refractivity contribution in [2.45, 2.75) is 25.8 Å². The topological polar surface area (TPSA) is 61.4 Å². The molecule has 0 radical (unpaired) electrons. The Morgan fingerprint density at radius 2 is 2.00 bits per heavy atom. The van der Waals surface area contributed by atoms with E-state index in [1.165, 1.54) is 0 Å². The van der Waals surface area contributed by atoms with Crippen LogP contribution in [0.1, 0.15) is 19.8 Å². The molecule has 1 fully saturated rings. The number of amides is 2. The summed E-state index contributed by atoms with van der Waals surface area (Å²) in [7, 11) is 0. The first-order valence-electron chi connectivity index (χ1n) is 8.37. The van der Waals surface area contributed by atoms with Gasteiger partial charge < -0.3 is 15.5 Å². The molecule has 1 aliphatic rings. The number of hydrogen-bond acceptors (Lipinski definition) is 3. The number of benzene rings is 2. The lowest BCUT2D eigenvalue weighted by Crippen LogP contribution is -2.32. The molecule has 7 heteroatoms. The van der Waals surface area contributed by atoms with Gasteiger partial charge in [0.05, 0.1) is 5.69 Å². The van der Waals surface area contributed by atoms with Crippen LogP contribution in [0.2, 0.25) is 0 Å². The Hall–Kier alpha value is -2.96. The molecule has 0 saturated carbocycles. The van der Waals surface area contributed by atoms with E-state index in [0.717, 1.165) is 30.3 Å². The van der Waals surface area contributed by atoms with Crippen LogP contribution in [0.4, 0.5) is 25.8 Å². The second-order valence-electron chi connectivity index (χ2n) is 6.18. The lowest BCUT2D eigenvalue weighted by Gasteiger charge is -2.19. The molecule has 0 bridgehead atoms. The maximum atomic E-state index is 13.6. The van der Waals surface area contributed by atoms with E-state index in [1.54, 1.807) is 30.0 Å². The van der Waals surface area contributed by atoms with Crippen LogP contribution in [-0.4, -0.2) is 24.4 Å². The second kappa shape index (κ2) is 7.51. The van der Waals surface area contributed by atoms with Gasteiger partial charge in [0.2, 0.25) is 11.8 Å². The zero-order valence-corrected chi connectivity index (χ0v) is 14.3. The summed E-state index contributed by atoms with van der Waals surface area (Å²) in [6.45, 7) is 2.29. The normalized spacial score (nSPS) is 15.0. The number of rotatable bonds is 5. The van der Waals surface area contributed by atoms with E-state index in [0.29, 0.717) is 18.7 Å². The summed E-state index contributed by atoms with van der Waals surface area (Å²) in [5.74, 6) is -1.77. The van der Waals surface area contributed by atoms with E-state index in [-0.39, 0.29) is 11.6 Å². The Morgan fingerprint density at radius 3 is 2.73 bits per heavy atom. The smallest absolute Gasteiger partial charge is 0.246 e. The van der Waals surface area contributed by atoms with Crippen molar-refractivity contribution in [3.63, 3.8) is 0 Å². The monoisotopic (exact) mass is 359 g/mol. The molecule has 5 nitrogen and oxygen atoms in total. The Bertz CT molecular complexity index is 841. The van der Waals surface area contributed by atoms with Crippen molar-refractivity contribution in [3.8, 4) is 0 Å². The molecule has 0 aliphatic carbocycles. The van der Waals surface area contributed by atoms with Gasteiger partial charge in [0.1, 0.15) is 17.7 Å². The van der Waals surface area contributed by atoms with Gasteiger partial charge >= 0.3 is 0 Å². The lowest BCUT2D eigenvalue weighted by atomic mass is 10.2. The summed E-state index contributed by atoms with van der Waals surface area (Å²) in [5.41, 5.74) is 1.21. The molecule has 3 rings (SSSR count). The molecule has 0 aromatic heterocycles. The molecule has 0 spiro atoms. The van der Waals surface area contributed by atoms with Crippen LogP contribution in [0.5, 0.6) is 0 Å². The van der Waals surface area contributed by atoms with Crippen LogP contribution in [0.3, 0.4) is 0 Å². The third-order valence-electron chi connectivity index (χ3n) is 4.19. The molecular weight excluding hydrogens is 340 g/mol. The summed E-state index contributed by atoms with van der Waals surface area (Å²) in [4.78, 5) is 25.8. The zero-order chi connectivity index (χ0) is 18.7. The fourth-order valence-electron chi connectivity index (χ4n) is 2.83. The Labute approximate surface area is 150 Å². The summed E-state index contributed by atoms with van der Waals surface area (Å²) >= 11 is 0. The number of nitrogens with zero attached hydrogens (tertiary/aromatic N) is 1. The van der Waals surface area contributed by atoms with Gasteiger partial charge in [-0.05, 0) is 43.7 Å². The van der Waals surface area contributed by atoms with E-state index >= 15 is 0 Å². The minimum atomic E-state index is -0.707. The number of carbonyl (C=O) groups excluding carboxylic acids is 2. The fourth-order valence-corrected chi connectivity index (χ4v) is 2.83. The molecular formula is C19H19F2N3O2. The van der Waals surface area contributed by atoms with Crippen LogP contribution in [0.15, 0.2) is 42.5 Å². The highest BCUT2D eigenvalue weighted by Gasteiger charge is 2.22. The van der Waals surface area contributed by atoms with E-state index in [9.17, 15) is 18.4 Å². The maximum absolute atomic E-state index is 13.6. The van der Waals surface area contributed by atoms with Gasteiger partial charge in [0, 0.05) is 30.4 Å². The number of hydrogen-bond donors (Lipinski definition) is 2. The molecule has 136 valence electrons. The third kappa shape index (κ3) is 3.99. The van der Waals surface area contributed by atoms with Crippen molar-refractivity contribution in [3.05, 3.63) is 54.1 Å². The highest BCUT2D eigenvalue weighted by atomic mass is 19.1. The van der Waals surface area contributed by atoms with Crippen LogP contribution in [0.25, 0.3) is 0 Å². The van der Waals surface area contributed by atoms with E-state index in [2.05, 4.69) is 10.6 Å². The predicted octanol–water partition coefficient (Wildman–Crippen LogP) is 3.53. The number of nitrogens with one attached hydrogen (secondary N) is 2. The molecule has 2 aromatic carbocycles. The van der Waals surface area contributed by atoms with E-state index in [4.69, 9.17) is 0 Å². The maximum Gasteiger partial charge on any atom is 0.246 e. The number of carbonyl (C=O) groups is 2. The Morgan fingerprint density at radius 1 is 1.19 bits per heavy atom. The molecule has 1 aliphatic heterocycles. The second-order valence-corrected chi connectivity index (χ2v) is 6.18. The standard InChI is InChI=1S/C19H19F2N3O2/c1-12(19(26)23-17-10-13(20)7-8-16(17)21)22-14-4-2-5-15(11-14)24-9-3-6-18(24)25/h2,4-5,7-8,10-12,22H,3,6,9H2,1H3,(H,23,26)/t12-/m1/s1. The van der Waals surface area contributed by atoms with Crippen molar-refractivity contribution in [1.29, 1.82) is 0 Å². The van der Waals surface area contributed by atoms with Crippen molar-refractivity contribution in [2.24, 2.45) is 0 Å². The van der Waals surface area contributed by atoms with Gasteiger partial charge in [0.25, 0.3) is 0 Å². The van der Waals surface area contributed by atoms with Crippen molar-refractivity contribution in [2.75, 3.05) is 22.1 Å². The molecule has 2 aromatic rings. The third-order valence-corrected chi connectivity index (χ3v) is 4.19. The van der Waals surface area contributed by atoms with Crippen LogP contribution in [0, 0.1) is 11.6 Å². The van der Waals surface area contributed by atoms with Gasteiger partial charge in [-0.25, -0.2) is 8.78 Å². The van der Waals surface area contributed by atoms with Gasteiger partial charge in [0.15, 0.2) is 0 Å². The SMILES string of the molecule is C[C@@H](Nc1cccc(N2CCCC2=O)c1)C(=O)Nc1cc(F)ccc1F. The quantitative estimate of drug-likeness (QED) is 0.859. The Balaban J connectivity index is 1.67. The number of halogens is 2. The predicted molar refractivity (Wildman–Crippen MR) is 96.1 cm³/mol. The summed E-state index contributed by atoms with van der Waals surface area (Å²) in [6, 6.07) is 9.37. The number of anilines is 3. The van der Waals surface area contributed by atoms with Gasteiger partial charge in [-0.2, -0.15) is 0 Å². The largest absolute Gasteiger partial charge is 0.374 e. The van der Waals surface area contributed by atoms with Crippen molar-refractivity contribution < 1.29 is 18.4 Å². The Kier molecular flexibility index (Phi) is 5.16. The van der Waals surface area contributed by atoms with Gasteiger partial charge in [-0.15, -0.1) is 0 Å². The average Bonchev–Trinajstić information content (AvgIpc) is 3.04. The first-order valence-corrected chi connectivity index (χ1v) is 8.37. The first kappa shape index (κ1) is 17.8.